The third-order valence-corrected chi connectivity index (χ3v) is 25.3. The van der Waals surface area contributed by atoms with Crippen LogP contribution in [0, 0.1) is 0 Å². The average molecular weight is 2030 g/mol. The van der Waals surface area contributed by atoms with Crippen molar-refractivity contribution in [3.8, 4) is 0 Å². The van der Waals surface area contributed by atoms with Crippen molar-refractivity contribution < 1.29 is 271 Å². The summed E-state index contributed by atoms with van der Waals surface area (Å²) in [6, 6.07) is -11.5. The van der Waals surface area contributed by atoms with E-state index in [1.165, 1.54) is 6.92 Å². The van der Waals surface area contributed by atoms with Gasteiger partial charge in [0, 0.05) is 41.5 Å². The van der Waals surface area contributed by atoms with E-state index >= 15 is 0 Å². The Morgan fingerprint density at radius 1 is 0.201 bits per heavy atom. The first-order chi connectivity index (χ1) is 65.6. The lowest BCUT2D eigenvalue weighted by Gasteiger charge is -2.52. The molecule has 11 aliphatic heterocycles. The largest absolute Gasteiger partial charge is 0.394 e. The maximum atomic E-state index is 13.5. The van der Waals surface area contributed by atoms with Gasteiger partial charge in [0.1, 0.15) is 262 Å². The minimum absolute atomic E-state index is 0.839. The van der Waals surface area contributed by atoms with E-state index in [2.05, 4.69) is 31.9 Å². The molecule has 0 aromatic carbocycles. The van der Waals surface area contributed by atoms with Gasteiger partial charge in [0.2, 0.25) is 35.4 Å². The molecule has 0 unspecified atom stereocenters. The van der Waals surface area contributed by atoms with E-state index in [9.17, 15) is 172 Å². The third kappa shape index (κ3) is 26.0. The minimum atomic E-state index is -2.76. The number of carbonyl (C=O) groups is 6. The number of rotatable bonds is 36. The number of amides is 6. The molecule has 11 aliphatic rings. The van der Waals surface area contributed by atoms with Crippen LogP contribution in [0.1, 0.15) is 48.5 Å². The van der Waals surface area contributed by atoms with Crippen LogP contribution in [-0.4, -0.2) is 582 Å². The second-order valence-corrected chi connectivity index (χ2v) is 35.3. The number of ether oxygens (including phenoxy) is 21. The van der Waals surface area contributed by atoms with Crippen LogP contribution in [0.2, 0.25) is 0 Å². The second-order valence-electron chi connectivity index (χ2n) is 35.3. The summed E-state index contributed by atoms with van der Waals surface area (Å²) in [6.07, 6.45) is -105. The van der Waals surface area contributed by atoms with Crippen LogP contribution < -0.4 is 31.9 Å². The summed E-state index contributed by atoms with van der Waals surface area (Å²) >= 11 is 0. The number of carbonyl (C=O) groups excluding carboxylic acids is 6. The molecule has 802 valence electrons. The van der Waals surface area contributed by atoms with Gasteiger partial charge in [-0.3, -0.25) is 28.8 Å². The van der Waals surface area contributed by atoms with Crippen molar-refractivity contribution >= 4 is 35.4 Å². The van der Waals surface area contributed by atoms with Crippen LogP contribution >= 0.6 is 0 Å². The maximum Gasteiger partial charge on any atom is 0.217 e. The van der Waals surface area contributed by atoms with Crippen molar-refractivity contribution in [2.75, 3.05) is 66.1 Å². The van der Waals surface area contributed by atoms with Gasteiger partial charge >= 0.3 is 0 Å². The molecule has 0 radical (unpaired) electrons. The number of hydrogen-bond acceptors (Lipinski definition) is 55. The van der Waals surface area contributed by atoms with Gasteiger partial charge in [0.15, 0.2) is 69.2 Å². The van der Waals surface area contributed by atoms with Gasteiger partial charge in [0.05, 0.1) is 72.2 Å². The second kappa shape index (κ2) is 50.0. The van der Waals surface area contributed by atoms with Crippen LogP contribution in [0.4, 0.5) is 0 Å². The standard InChI is InChI=1S/C78H130N6O55/c1-18-41(98)54(111)57(114)74(122-18)120-17-34-64(51(108)35(68(118)123-34)79-19(2)92)134-73-40(84-24(7)97)53(110)62(30(13-90)129-73)136-76-60(117)65(47(104)33(131-76)16-121-77-66(138-70-37(81-21(4)94)49(106)43(100)26(9-86)125-70)56(113)46(103)32(132-77)15-119-69-36(80-20(3)93)48(105)42(99)25(8-85)124-69)137-78-67(139-71-38(82-22(5)95)50(107)44(101)27(10-87)126-71)59(116)63(31(14-91)130-78)133-72-39(83-23(6)96)52(109)61(29(12-89)128-72)135-75-58(115)55(112)45(102)28(11-88)127-75/h18,25-78,85-91,98-118H,8-17H2,1-7H3,(H,79,92)(H,80,93)(H,81,94)(H,82,95)(H,83,96)(H,84,97)/t18-,25-,26-,27-,28-,29-,30-,31-,32-,33-,34-,35-,36-,37-,38-,39-,40-,41+,42-,43-,44-,45+,46-,47-,48-,49-,50-,51-,52-,53-,54-,55+,56+,57-,58-,59+,60+,61-,62-,63-,64-,65+,66+,67+,68-,69-,70+,71+,72+,73+,74+,75+,76+,77+,78-/m1/s1. The first kappa shape index (κ1) is 114. The SMILES string of the molecule is CC(=O)N[C@@H]1[C@@H](O)[C@H](O[C@@H]2O[C@H](CO)[C@@H](O[C@@H]3O[C@H](CO[C@H]4O[C@H](CO[C@@H]5O[C@H](CO)[C@@H](O)[C@H](O)[C@H]5NC(C)=O)[C@@H](O)[C@H](O)[C@@H]4O[C@@H]4O[C@H](CO)[C@@H](O)[C@H](O)[C@H]4NC(C)=O)[C@@H](O)[C@H](O[C@H]4O[C@H](CO)[C@@H](O[C@@H]5O[C@H](CO)[C@@H](O[C@@H]6O[C@H](CO)[C@H](O)[C@H](O)[C@H]6O)[C@H](O)[C@H]5NC(C)=O)[C@H](O)[C@@H]4O[C@@H]4O[C@H](CO)[C@@H](O)[C@H](O)[C@H]4NC(C)=O)[C@@H]3O)[C@H](O)[C@H]2NC(C)=O)[C@@H](CO[C@H]2O[C@H](C)[C@H](O)[C@@H](O)[C@H]2O)O[C@H]1O. The predicted molar refractivity (Wildman–Crippen MR) is 430 cm³/mol. The summed E-state index contributed by atoms with van der Waals surface area (Å²) in [5, 5.41) is 332. The Morgan fingerprint density at radius 3 is 0.885 bits per heavy atom. The average Bonchev–Trinajstić information content (AvgIpc) is 0.767. The molecule has 0 aromatic rings. The highest BCUT2D eigenvalue weighted by atomic mass is 16.8. The molecule has 34 N–H and O–H groups in total. The van der Waals surface area contributed by atoms with E-state index in [0.717, 1.165) is 41.5 Å². The molecule has 61 nitrogen and oxygen atoms in total. The Balaban J connectivity index is 0.990. The zero-order chi connectivity index (χ0) is 102. The summed E-state index contributed by atoms with van der Waals surface area (Å²) in [5.41, 5.74) is 0. The molecule has 0 aromatic heterocycles. The monoisotopic (exact) mass is 2030 g/mol. The highest BCUT2D eigenvalue weighted by molar-refractivity contribution is 5.75. The van der Waals surface area contributed by atoms with Crippen LogP contribution in [0.3, 0.4) is 0 Å². The highest BCUT2D eigenvalue weighted by Crippen LogP contribution is 2.42. The van der Waals surface area contributed by atoms with Gasteiger partial charge in [-0.05, 0) is 6.92 Å². The zero-order valence-electron chi connectivity index (χ0n) is 75.4. The maximum absolute atomic E-state index is 13.5. The minimum Gasteiger partial charge on any atom is -0.394 e. The van der Waals surface area contributed by atoms with E-state index in [4.69, 9.17) is 99.5 Å². The zero-order valence-corrected chi connectivity index (χ0v) is 75.4. The van der Waals surface area contributed by atoms with Crippen molar-refractivity contribution in [3.63, 3.8) is 0 Å². The molecule has 139 heavy (non-hydrogen) atoms. The molecule has 0 saturated carbocycles. The molecule has 11 rings (SSSR count). The molecule has 11 fully saturated rings. The lowest BCUT2D eigenvalue weighted by Crippen LogP contribution is -2.71. The fourth-order valence-corrected chi connectivity index (χ4v) is 18.0. The predicted octanol–water partition coefficient (Wildman–Crippen LogP) is -23.1. The van der Waals surface area contributed by atoms with Crippen LogP contribution in [-0.2, 0) is 128 Å². The van der Waals surface area contributed by atoms with Crippen molar-refractivity contribution in [1.29, 1.82) is 0 Å². The summed E-state index contributed by atoms with van der Waals surface area (Å²) in [6.45, 7) is -4.52. The summed E-state index contributed by atoms with van der Waals surface area (Å²) in [5.74, 6) is -5.67. The van der Waals surface area contributed by atoms with Gasteiger partial charge in [-0.25, -0.2) is 0 Å². The van der Waals surface area contributed by atoms with Gasteiger partial charge < -0.3 is 274 Å². The van der Waals surface area contributed by atoms with Gasteiger partial charge in [-0.15, -0.1) is 0 Å². The van der Waals surface area contributed by atoms with Gasteiger partial charge in [0.25, 0.3) is 0 Å². The van der Waals surface area contributed by atoms with Crippen LogP contribution in [0.5, 0.6) is 0 Å². The fraction of sp³-hybridized carbons (Fsp3) is 0.923. The Morgan fingerprint density at radius 2 is 0.460 bits per heavy atom. The van der Waals surface area contributed by atoms with Crippen molar-refractivity contribution in [2.24, 2.45) is 0 Å². The Kier molecular flexibility index (Phi) is 41.1. The first-order valence-electron chi connectivity index (χ1n) is 44.5. The van der Waals surface area contributed by atoms with Crippen molar-refractivity contribution in [2.45, 2.75) is 386 Å². The van der Waals surface area contributed by atoms with E-state index in [1.807, 2.05) is 0 Å². The van der Waals surface area contributed by atoms with E-state index < -0.39 is 439 Å². The summed E-state index contributed by atoms with van der Waals surface area (Å²) < 4.78 is 127. The number of hydrogen-bond donors (Lipinski definition) is 34. The number of nitrogens with one attached hydrogen (secondary N) is 6. The quantitative estimate of drug-likeness (QED) is 0.0277. The molecule has 0 bridgehead atoms. The third-order valence-electron chi connectivity index (χ3n) is 25.3. The molecule has 55 atom stereocenters. The topological polar surface area (TPSA) is 935 Å². The van der Waals surface area contributed by atoms with E-state index in [0.29, 0.717) is 0 Å². The first-order valence-corrected chi connectivity index (χ1v) is 44.5. The smallest absolute Gasteiger partial charge is 0.217 e. The molecule has 61 heteroatoms. The van der Waals surface area contributed by atoms with E-state index in [1.54, 1.807) is 0 Å². The molecule has 0 spiro atoms. The Hall–Kier alpha value is -5.14. The molecule has 11 heterocycles. The Labute approximate surface area is 788 Å². The molecule has 0 aliphatic carbocycles. The molecular formula is C78H130N6O55. The van der Waals surface area contributed by atoms with E-state index in [-0.39, 0.29) is 0 Å². The highest BCUT2D eigenvalue weighted by Gasteiger charge is 2.63. The summed E-state index contributed by atoms with van der Waals surface area (Å²) in [4.78, 5) is 77.6. The van der Waals surface area contributed by atoms with Gasteiger partial charge in [-0.1, -0.05) is 0 Å². The summed E-state index contributed by atoms with van der Waals surface area (Å²) in [7, 11) is 0. The lowest BCUT2D eigenvalue weighted by atomic mass is 9.93. The molecule has 11 saturated heterocycles. The molecular weight excluding hydrogens is 1900 g/mol. The lowest BCUT2D eigenvalue weighted by molar-refractivity contribution is -0.404. The van der Waals surface area contributed by atoms with Crippen LogP contribution in [0.15, 0.2) is 0 Å². The molecule has 6 amide bonds. The number of aliphatic hydroxyl groups is 28. The van der Waals surface area contributed by atoms with Crippen molar-refractivity contribution in [1.82, 2.24) is 31.9 Å². The Bertz CT molecular complexity index is 3900. The van der Waals surface area contributed by atoms with Crippen molar-refractivity contribution in [3.05, 3.63) is 0 Å². The van der Waals surface area contributed by atoms with Crippen LogP contribution in [0.25, 0.3) is 0 Å². The van der Waals surface area contributed by atoms with Gasteiger partial charge in [-0.2, -0.15) is 0 Å². The normalized spacial score (nSPS) is 48.3. The number of aliphatic hydroxyl groups excluding tert-OH is 28. The fourth-order valence-electron chi connectivity index (χ4n) is 18.0.